The fraction of sp³-hybridized carbons (Fsp3) is 0.600. The van der Waals surface area contributed by atoms with Crippen LogP contribution in [0.1, 0.15) is 39.3 Å². The highest BCUT2D eigenvalue weighted by molar-refractivity contribution is 7.92. The molecule has 4 heteroatoms. The van der Waals surface area contributed by atoms with Gasteiger partial charge in [-0.15, -0.1) is 0 Å². The fourth-order valence-corrected chi connectivity index (χ4v) is 5.84. The molecule has 1 heterocycles. The quantitative estimate of drug-likeness (QED) is 0.906. The van der Waals surface area contributed by atoms with Gasteiger partial charge in [0.05, 0.1) is 11.0 Å². The van der Waals surface area contributed by atoms with E-state index in [0.29, 0.717) is 0 Å². The van der Waals surface area contributed by atoms with Gasteiger partial charge in [0.15, 0.2) is 9.84 Å². The molecule has 0 saturated carbocycles. The van der Waals surface area contributed by atoms with Crippen LogP contribution < -0.4 is 5.32 Å². The molecule has 0 radical (unpaired) electrons. The molecule has 1 aliphatic rings. The molecule has 106 valence electrons. The van der Waals surface area contributed by atoms with Gasteiger partial charge < -0.3 is 5.32 Å². The standard InChI is InChI=1S/C15H23NO2S/c1-11(2)14-13(12-8-6-5-7-9-12)16-15(3,4)10-19(14,17)18/h5-9,11,13-14,16H,10H2,1-4H3. The number of sulfone groups is 1. The van der Waals surface area contributed by atoms with Crippen LogP contribution in [0.4, 0.5) is 0 Å². The molecular formula is C15H23NO2S. The molecule has 0 aromatic heterocycles. The van der Waals surface area contributed by atoms with Gasteiger partial charge in [-0.3, -0.25) is 0 Å². The molecule has 1 aromatic carbocycles. The molecule has 2 atom stereocenters. The van der Waals surface area contributed by atoms with E-state index in [2.05, 4.69) is 5.32 Å². The molecule has 3 nitrogen and oxygen atoms in total. The Morgan fingerprint density at radius 3 is 2.32 bits per heavy atom. The Labute approximate surface area is 116 Å². The van der Waals surface area contributed by atoms with Crippen molar-refractivity contribution < 1.29 is 8.42 Å². The summed E-state index contributed by atoms with van der Waals surface area (Å²) in [7, 11) is -3.09. The van der Waals surface area contributed by atoms with Gasteiger partial charge in [-0.05, 0) is 25.3 Å². The van der Waals surface area contributed by atoms with E-state index in [9.17, 15) is 8.42 Å². The van der Waals surface area contributed by atoms with Gasteiger partial charge in [0.25, 0.3) is 0 Å². The normalized spacial score (nSPS) is 29.3. The summed E-state index contributed by atoms with van der Waals surface area (Å²) < 4.78 is 25.2. The Morgan fingerprint density at radius 1 is 1.21 bits per heavy atom. The first kappa shape index (κ1) is 14.5. The second-order valence-electron chi connectivity index (χ2n) is 6.43. The number of hydrogen-bond acceptors (Lipinski definition) is 3. The van der Waals surface area contributed by atoms with E-state index in [1.54, 1.807) is 0 Å². The molecule has 1 aromatic rings. The lowest BCUT2D eigenvalue weighted by molar-refractivity contribution is 0.302. The maximum atomic E-state index is 12.6. The van der Waals surface area contributed by atoms with Crippen LogP contribution in [0.3, 0.4) is 0 Å². The second kappa shape index (κ2) is 4.91. The van der Waals surface area contributed by atoms with Crippen molar-refractivity contribution in [3.05, 3.63) is 35.9 Å². The third-order valence-corrected chi connectivity index (χ3v) is 6.44. The first-order chi connectivity index (χ1) is 8.73. The van der Waals surface area contributed by atoms with Crippen molar-refractivity contribution in [2.75, 3.05) is 5.75 Å². The van der Waals surface area contributed by atoms with Crippen molar-refractivity contribution in [2.45, 2.75) is 44.5 Å². The largest absolute Gasteiger partial charge is 0.303 e. The van der Waals surface area contributed by atoms with Crippen LogP contribution in [0.25, 0.3) is 0 Å². The number of rotatable bonds is 2. The molecule has 0 amide bonds. The summed E-state index contributed by atoms with van der Waals surface area (Å²) in [5, 5.41) is 3.16. The van der Waals surface area contributed by atoms with E-state index in [1.807, 2.05) is 58.0 Å². The molecule has 1 saturated heterocycles. The van der Waals surface area contributed by atoms with Gasteiger partial charge in [-0.1, -0.05) is 44.2 Å². The molecule has 1 N–H and O–H groups in total. The zero-order valence-electron chi connectivity index (χ0n) is 12.1. The van der Waals surface area contributed by atoms with Gasteiger partial charge in [-0.2, -0.15) is 0 Å². The minimum atomic E-state index is -3.09. The molecule has 2 rings (SSSR count). The molecule has 1 aliphatic heterocycles. The predicted molar refractivity (Wildman–Crippen MR) is 78.8 cm³/mol. The lowest BCUT2D eigenvalue weighted by Crippen LogP contribution is -2.59. The Hall–Kier alpha value is -0.870. The van der Waals surface area contributed by atoms with Crippen LogP contribution in [0.5, 0.6) is 0 Å². The number of benzene rings is 1. The molecule has 19 heavy (non-hydrogen) atoms. The van der Waals surface area contributed by atoms with Crippen molar-refractivity contribution in [3.8, 4) is 0 Å². The molecule has 1 fully saturated rings. The average Bonchev–Trinajstić information content (AvgIpc) is 2.25. The summed E-state index contributed by atoms with van der Waals surface area (Å²) in [6.07, 6.45) is 0. The van der Waals surface area contributed by atoms with Crippen LogP contribution in [0, 0.1) is 5.92 Å². The van der Waals surface area contributed by atoms with Crippen molar-refractivity contribution in [1.29, 1.82) is 0 Å². The average molecular weight is 281 g/mol. The lowest BCUT2D eigenvalue weighted by atomic mass is 9.93. The molecule has 2 unspecified atom stereocenters. The van der Waals surface area contributed by atoms with E-state index < -0.39 is 9.84 Å². The monoisotopic (exact) mass is 281 g/mol. The summed E-state index contributed by atoms with van der Waals surface area (Å²) in [5.74, 6) is 0.297. The molecule has 0 bridgehead atoms. The van der Waals surface area contributed by atoms with Crippen LogP contribution in [-0.4, -0.2) is 25.0 Å². The predicted octanol–water partition coefficient (Wildman–Crippen LogP) is 2.55. The second-order valence-corrected chi connectivity index (χ2v) is 8.59. The van der Waals surface area contributed by atoms with Crippen LogP contribution in [-0.2, 0) is 9.84 Å². The van der Waals surface area contributed by atoms with Gasteiger partial charge in [0, 0.05) is 11.6 Å². The number of hydrogen-bond donors (Lipinski definition) is 1. The fourth-order valence-electron chi connectivity index (χ4n) is 3.08. The number of nitrogens with one attached hydrogen (secondary N) is 1. The molecule has 0 spiro atoms. The highest BCUT2D eigenvalue weighted by Gasteiger charge is 2.46. The third kappa shape index (κ3) is 3.00. The van der Waals surface area contributed by atoms with Gasteiger partial charge in [0.2, 0.25) is 0 Å². The van der Waals surface area contributed by atoms with Crippen molar-refractivity contribution >= 4 is 9.84 Å². The Balaban J connectivity index is 2.48. The lowest BCUT2D eigenvalue weighted by Gasteiger charge is -2.43. The third-order valence-electron chi connectivity index (χ3n) is 3.67. The Bertz CT molecular complexity index is 535. The van der Waals surface area contributed by atoms with Gasteiger partial charge in [-0.25, -0.2) is 8.42 Å². The summed E-state index contributed by atoms with van der Waals surface area (Å²) in [6, 6.07) is 9.75. The minimum absolute atomic E-state index is 0.0961. The zero-order valence-corrected chi connectivity index (χ0v) is 12.9. The van der Waals surface area contributed by atoms with Crippen LogP contribution in [0.2, 0.25) is 0 Å². The first-order valence-corrected chi connectivity index (χ1v) is 8.49. The maximum absolute atomic E-state index is 12.6. The molecular weight excluding hydrogens is 258 g/mol. The van der Waals surface area contributed by atoms with E-state index in [0.717, 1.165) is 5.56 Å². The van der Waals surface area contributed by atoms with Gasteiger partial charge in [0.1, 0.15) is 0 Å². The highest BCUT2D eigenvalue weighted by Crippen LogP contribution is 2.35. The Morgan fingerprint density at radius 2 is 1.79 bits per heavy atom. The topological polar surface area (TPSA) is 46.2 Å². The van der Waals surface area contributed by atoms with Crippen molar-refractivity contribution in [2.24, 2.45) is 5.92 Å². The maximum Gasteiger partial charge on any atom is 0.157 e. The van der Waals surface area contributed by atoms with Crippen LogP contribution in [0.15, 0.2) is 30.3 Å². The smallest absolute Gasteiger partial charge is 0.157 e. The SMILES string of the molecule is CC(C)C1C(c2ccccc2)NC(C)(C)CS1(=O)=O. The molecule has 0 aliphatic carbocycles. The van der Waals surface area contributed by atoms with Crippen molar-refractivity contribution in [1.82, 2.24) is 5.32 Å². The zero-order chi connectivity index (χ0) is 14.3. The summed E-state index contributed by atoms with van der Waals surface area (Å²) in [4.78, 5) is 0. The Kier molecular flexibility index (Phi) is 3.76. The summed E-state index contributed by atoms with van der Waals surface area (Å²) in [5.41, 5.74) is 0.669. The highest BCUT2D eigenvalue weighted by atomic mass is 32.2. The van der Waals surface area contributed by atoms with E-state index in [4.69, 9.17) is 0 Å². The minimum Gasteiger partial charge on any atom is -0.303 e. The summed E-state index contributed by atoms with van der Waals surface area (Å²) >= 11 is 0. The van der Waals surface area contributed by atoms with E-state index in [1.165, 1.54) is 0 Å². The van der Waals surface area contributed by atoms with Crippen molar-refractivity contribution in [3.63, 3.8) is 0 Å². The first-order valence-electron chi connectivity index (χ1n) is 6.77. The van der Waals surface area contributed by atoms with Gasteiger partial charge >= 0.3 is 0 Å². The van der Waals surface area contributed by atoms with E-state index >= 15 is 0 Å². The summed E-state index contributed by atoms with van der Waals surface area (Å²) in [6.45, 7) is 7.88. The van der Waals surface area contributed by atoms with Crippen LogP contribution >= 0.6 is 0 Å². The van der Waals surface area contributed by atoms with E-state index in [-0.39, 0.29) is 28.5 Å².